The van der Waals surface area contributed by atoms with Crippen molar-refractivity contribution in [2.24, 2.45) is 5.73 Å². The number of thiophene rings is 1. The molecule has 3 N–H and O–H groups in total. The Morgan fingerprint density at radius 1 is 1.53 bits per heavy atom. The number of nitrogens with one attached hydrogen (secondary N) is 1. The Morgan fingerprint density at radius 3 is 2.93 bits per heavy atom. The van der Waals surface area contributed by atoms with E-state index in [1.807, 2.05) is 12.1 Å². The number of rotatable bonds is 3. The van der Waals surface area contributed by atoms with Crippen LogP contribution in [0.15, 0.2) is 16.7 Å². The molecule has 0 aliphatic carbocycles. The van der Waals surface area contributed by atoms with E-state index in [1.165, 1.54) is 11.3 Å². The van der Waals surface area contributed by atoms with E-state index >= 15 is 0 Å². The van der Waals surface area contributed by atoms with Crippen LogP contribution in [0.4, 0.5) is 0 Å². The number of H-pyrrole nitrogens is 1. The zero-order valence-electron chi connectivity index (χ0n) is 7.76. The van der Waals surface area contributed by atoms with Crippen molar-refractivity contribution >= 4 is 38.9 Å². The standard InChI is InChI=1S/C9H9BrClN3S/c10-9-8(5-1-2-6(11)15-5)13-7(14-9)3-4-12/h1-2H,3-4,12H2,(H,13,14). The van der Waals surface area contributed by atoms with E-state index in [1.54, 1.807) is 0 Å². The van der Waals surface area contributed by atoms with E-state index in [0.29, 0.717) is 6.54 Å². The number of hydrogen-bond donors (Lipinski definition) is 2. The predicted octanol–water partition coefficient (Wildman–Crippen LogP) is 3.06. The summed E-state index contributed by atoms with van der Waals surface area (Å²) >= 11 is 10.8. The molecule has 0 aliphatic heterocycles. The number of aromatic nitrogens is 2. The Hall–Kier alpha value is -0.360. The molecule has 2 aromatic heterocycles. The highest BCUT2D eigenvalue weighted by Gasteiger charge is 2.11. The van der Waals surface area contributed by atoms with Crippen molar-refractivity contribution in [1.29, 1.82) is 0 Å². The van der Waals surface area contributed by atoms with Gasteiger partial charge in [-0.3, -0.25) is 0 Å². The third-order valence-electron chi connectivity index (χ3n) is 1.90. The molecular formula is C9H9BrClN3S. The van der Waals surface area contributed by atoms with Gasteiger partial charge in [0.2, 0.25) is 0 Å². The third-order valence-corrected chi connectivity index (χ3v) is 3.71. The van der Waals surface area contributed by atoms with E-state index in [9.17, 15) is 0 Å². The fourth-order valence-corrected chi connectivity index (χ4v) is 2.96. The summed E-state index contributed by atoms with van der Waals surface area (Å²) in [6.45, 7) is 0.588. The molecule has 0 saturated heterocycles. The summed E-state index contributed by atoms with van der Waals surface area (Å²) in [5.74, 6) is 0.892. The SMILES string of the molecule is NCCc1nc(-c2ccc(Cl)s2)c(Br)[nH]1. The molecule has 0 atom stereocenters. The third kappa shape index (κ3) is 2.42. The molecule has 0 spiro atoms. The zero-order chi connectivity index (χ0) is 10.8. The highest BCUT2D eigenvalue weighted by Crippen LogP contribution is 2.33. The fourth-order valence-electron chi connectivity index (χ4n) is 1.26. The van der Waals surface area contributed by atoms with Gasteiger partial charge in [0.25, 0.3) is 0 Å². The highest BCUT2D eigenvalue weighted by molar-refractivity contribution is 9.10. The molecule has 0 amide bonds. The molecule has 0 aromatic carbocycles. The van der Waals surface area contributed by atoms with Crippen LogP contribution in [0, 0.1) is 0 Å². The molecule has 2 heterocycles. The second kappa shape index (κ2) is 4.65. The number of imidazole rings is 1. The maximum absolute atomic E-state index is 5.88. The summed E-state index contributed by atoms with van der Waals surface area (Å²) < 4.78 is 1.64. The zero-order valence-corrected chi connectivity index (χ0v) is 10.9. The Bertz CT molecular complexity index is 466. The van der Waals surface area contributed by atoms with Crippen molar-refractivity contribution in [3.63, 3.8) is 0 Å². The lowest BCUT2D eigenvalue weighted by atomic mass is 10.4. The first-order chi connectivity index (χ1) is 7.20. The van der Waals surface area contributed by atoms with Gasteiger partial charge in [-0.05, 0) is 34.6 Å². The van der Waals surface area contributed by atoms with E-state index in [0.717, 1.165) is 31.8 Å². The molecule has 0 aliphatic rings. The van der Waals surface area contributed by atoms with Gasteiger partial charge in [-0.15, -0.1) is 11.3 Å². The molecule has 15 heavy (non-hydrogen) atoms. The maximum Gasteiger partial charge on any atom is 0.113 e. The monoisotopic (exact) mass is 305 g/mol. The molecule has 2 rings (SSSR count). The van der Waals surface area contributed by atoms with Gasteiger partial charge in [0.1, 0.15) is 16.1 Å². The minimum absolute atomic E-state index is 0.588. The van der Waals surface area contributed by atoms with Gasteiger partial charge in [0.05, 0.1) is 9.21 Å². The molecule has 80 valence electrons. The van der Waals surface area contributed by atoms with Crippen LogP contribution in [0.2, 0.25) is 4.34 Å². The molecule has 0 unspecified atom stereocenters. The predicted molar refractivity (Wildman–Crippen MR) is 67.4 cm³/mol. The smallest absolute Gasteiger partial charge is 0.113 e. The lowest BCUT2D eigenvalue weighted by molar-refractivity contribution is 0.893. The highest BCUT2D eigenvalue weighted by atomic mass is 79.9. The molecule has 6 heteroatoms. The molecular weight excluding hydrogens is 298 g/mol. The summed E-state index contributed by atoms with van der Waals surface area (Å²) in [6.07, 6.45) is 0.748. The molecule has 0 fully saturated rings. The molecule has 0 saturated carbocycles. The van der Waals surface area contributed by atoms with Gasteiger partial charge in [0.15, 0.2) is 0 Å². The van der Waals surface area contributed by atoms with E-state index in [-0.39, 0.29) is 0 Å². The number of nitrogens with two attached hydrogens (primary N) is 1. The number of halogens is 2. The molecule has 0 radical (unpaired) electrons. The van der Waals surface area contributed by atoms with E-state index < -0.39 is 0 Å². The molecule has 2 aromatic rings. The fraction of sp³-hybridized carbons (Fsp3) is 0.222. The summed E-state index contributed by atoms with van der Waals surface area (Å²) in [5, 5.41) is 0. The lowest BCUT2D eigenvalue weighted by Crippen LogP contribution is -2.03. The van der Waals surface area contributed by atoms with Crippen molar-refractivity contribution in [1.82, 2.24) is 9.97 Å². The number of nitrogens with zero attached hydrogens (tertiary/aromatic N) is 1. The van der Waals surface area contributed by atoms with Crippen molar-refractivity contribution < 1.29 is 0 Å². The van der Waals surface area contributed by atoms with Crippen molar-refractivity contribution in [3.05, 3.63) is 26.9 Å². The van der Waals surface area contributed by atoms with Gasteiger partial charge >= 0.3 is 0 Å². The molecule has 0 bridgehead atoms. The topological polar surface area (TPSA) is 54.7 Å². The summed E-state index contributed by atoms with van der Waals surface area (Å²) in [7, 11) is 0. The van der Waals surface area contributed by atoms with Gasteiger partial charge in [-0.1, -0.05) is 11.6 Å². The lowest BCUT2D eigenvalue weighted by Gasteiger charge is -1.89. The van der Waals surface area contributed by atoms with Crippen LogP contribution in [0.3, 0.4) is 0 Å². The minimum Gasteiger partial charge on any atom is -0.336 e. The van der Waals surface area contributed by atoms with Gasteiger partial charge in [-0.2, -0.15) is 0 Å². The van der Waals surface area contributed by atoms with E-state index in [4.69, 9.17) is 17.3 Å². The van der Waals surface area contributed by atoms with Crippen LogP contribution in [0.1, 0.15) is 5.82 Å². The van der Waals surface area contributed by atoms with Crippen LogP contribution >= 0.6 is 38.9 Å². The van der Waals surface area contributed by atoms with Crippen LogP contribution < -0.4 is 5.73 Å². The second-order valence-electron chi connectivity index (χ2n) is 2.99. The Kier molecular flexibility index (Phi) is 3.45. The number of aromatic amines is 1. The van der Waals surface area contributed by atoms with Gasteiger partial charge < -0.3 is 10.7 Å². The van der Waals surface area contributed by atoms with Crippen molar-refractivity contribution in [2.45, 2.75) is 6.42 Å². The second-order valence-corrected chi connectivity index (χ2v) is 5.50. The first-order valence-corrected chi connectivity index (χ1v) is 6.39. The van der Waals surface area contributed by atoms with Gasteiger partial charge in [0, 0.05) is 6.42 Å². The maximum atomic E-state index is 5.88. The van der Waals surface area contributed by atoms with Crippen LogP contribution in [-0.4, -0.2) is 16.5 Å². The molecule has 3 nitrogen and oxygen atoms in total. The number of hydrogen-bond acceptors (Lipinski definition) is 3. The average Bonchev–Trinajstić information content (AvgIpc) is 2.73. The average molecular weight is 307 g/mol. The Morgan fingerprint density at radius 2 is 2.33 bits per heavy atom. The van der Waals surface area contributed by atoms with Crippen molar-refractivity contribution in [2.75, 3.05) is 6.54 Å². The van der Waals surface area contributed by atoms with Crippen LogP contribution in [0.25, 0.3) is 10.6 Å². The quantitative estimate of drug-likeness (QED) is 0.915. The summed E-state index contributed by atoms with van der Waals surface area (Å²) in [5.41, 5.74) is 6.37. The van der Waals surface area contributed by atoms with Gasteiger partial charge in [-0.25, -0.2) is 4.98 Å². The first-order valence-electron chi connectivity index (χ1n) is 4.41. The first kappa shape index (κ1) is 11.1. The minimum atomic E-state index is 0.588. The van der Waals surface area contributed by atoms with Crippen LogP contribution in [0.5, 0.6) is 0 Å². The van der Waals surface area contributed by atoms with Crippen LogP contribution in [-0.2, 0) is 6.42 Å². The van der Waals surface area contributed by atoms with Crippen molar-refractivity contribution in [3.8, 4) is 10.6 Å². The largest absolute Gasteiger partial charge is 0.336 e. The Labute approximate surface area is 105 Å². The normalized spacial score (nSPS) is 10.9. The summed E-state index contributed by atoms with van der Waals surface area (Å²) in [6, 6.07) is 3.82. The Balaban J connectivity index is 2.35. The summed E-state index contributed by atoms with van der Waals surface area (Å²) in [4.78, 5) is 8.64. The van der Waals surface area contributed by atoms with E-state index in [2.05, 4.69) is 25.9 Å².